The summed E-state index contributed by atoms with van der Waals surface area (Å²) in [4.78, 5) is 16.4. The van der Waals surface area contributed by atoms with Crippen molar-refractivity contribution in [3.63, 3.8) is 0 Å². The first kappa shape index (κ1) is 15.0. The largest absolute Gasteiger partial charge is 0.486 e. The van der Waals surface area contributed by atoms with E-state index in [0.717, 1.165) is 47.5 Å². The number of rotatable bonds is 3. The molecule has 24 heavy (non-hydrogen) atoms. The van der Waals surface area contributed by atoms with Gasteiger partial charge < -0.3 is 14.8 Å². The Balaban J connectivity index is 1.55. The minimum Gasteiger partial charge on any atom is -0.486 e. The summed E-state index contributed by atoms with van der Waals surface area (Å²) >= 11 is 0. The van der Waals surface area contributed by atoms with Crippen LogP contribution >= 0.6 is 0 Å². The van der Waals surface area contributed by atoms with Gasteiger partial charge in [0.1, 0.15) is 19.0 Å². The van der Waals surface area contributed by atoms with E-state index < -0.39 is 0 Å². The lowest BCUT2D eigenvalue weighted by molar-refractivity contribution is -0.122. The zero-order valence-electron chi connectivity index (χ0n) is 13.7. The molecule has 1 fully saturated rings. The molecule has 0 unspecified atom stereocenters. The SMILES string of the molecule is Cc1cc2c(cc1-c1ccc(NC(=O)C3CCC3)nc1)OCCO2. The van der Waals surface area contributed by atoms with Crippen molar-refractivity contribution in [1.29, 1.82) is 0 Å². The molecule has 1 aliphatic heterocycles. The van der Waals surface area contributed by atoms with Crippen molar-refractivity contribution in [3.05, 3.63) is 36.0 Å². The van der Waals surface area contributed by atoms with Gasteiger partial charge in [-0.05, 0) is 55.2 Å². The van der Waals surface area contributed by atoms with Crippen molar-refractivity contribution in [2.24, 2.45) is 5.92 Å². The summed E-state index contributed by atoms with van der Waals surface area (Å²) in [6, 6.07) is 7.81. The third kappa shape index (κ3) is 2.82. The minimum atomic E-state index is 0.0806. The predicted molar refractivity (Wildman–Crippen MR) is 91.4 cm³/mol. The minimum absolute atomic E-state index is 0.0806. The van der Waals surface area contributed by atoms with Gasteiger partial charge in [0.2, 0.25) is 5.91 Å². The first-order valence-electron chi connectivity index (χ1n) is 8.38. The molecule has 0 spiro atoms. The van der Waals surface area contributed by atoms with E-state index in [0.29, 0.717) is 19.0 Å². The van der Waals surface area contributed by atoms with E-state index in [4.69, 9.17) is 9.47 Å². The molecule has 2 aliphatic rings. The number of carbonyl (C=O) groups is 1. The first-order valence-corrected chi connectivity index (χ1v) is 8.38. The number of carbonyl (C=O) groups excluding carboxylic acids is 1. The van der Waals surface area contributed by atoms with E-state index in [1.165, 1.54) is 0 Å². The molecular formula is C19H20N2O3. The number of benzene rings is 1. The van der Waals surface area contributed by atoms with Crippen LogP contribution in [0.2, 0.25) is 0 Å². The molecule has 1 N–H and O–H groups in total. The molecule has 0 radical (unpaired) electrons. The number of aromatic nitrogens is 1. The van der Waals surface area contributed by atoms with Gasteiger partial charge >= 0.3 is 0 Å². The van der Waals surface area contributed by atoms with Gasteiger partial charge in [-0.1, -0.05) is 6.42 Å². The highest BCUT2D eigenvalue weighted by molar-refractivity contribution is 5.92. The fraction of sp³-hybridized carbons (Fsp3) is 0.368. The lowest BCUT2D eigenvalue weighted by Crippen LogP contribution is -2.28. The van der Waals surface area contributed by atoms with Gasteiger partial charge in [0, 0.05) is 17.7 Å². The van der Waals surface area contributed by atoms with Crippen molar-refractivity contribution in [2.45, 2.75) is 26.2 Å². The molecule has 1 aliphatic carbocycles. The highest BCUT2D eigenvalue weighted by atomic mass is 16.6. The number of nitrogens with zero attached hydrogens (tertiary/aromatic N) is 1. The molecule has 1 aromatic carbocycles. The summed E-state index contributed by atoms with van der Waals surface area (Å²) in [5, 5.41) is 2.89. The van der Waals surface area contributed by atoms with Crippen LogP contribution in [0.5, 0.6) is 11.5 Å². The van der Waals surface area contributed by atoms with Crippen LogP contribution in [0.25, 0.3) is 11.1 Å². The summed E-state index contributed by atoms with van der Waals surface area (Å²) in [6.07, 6.45) is 4.91. The maximum Gasteiger partial charge on any atom is 0.228 e. The van der Waals surface area contributed by atoms with Crippen molar-refractivity contribution >= 4 is 11.7 Å². The number of nitrogens with one attached hydrogen (secondary N) is 1. The second kappa shape index (κ2) is 6.15. The number of anilines is 1. The third-order valence-electron chi connectivity index (χ3n) is 4.69. The van der Waals surface area contributed by atoms with Crippen molar-refractivity contribution in [2.75, 3.05) is 18.5 Å². The second-order valence-electron chi connectivity index (χ2n) is 6.36. The maximum atomic E-state index is 12.0. The van der Waals surface area contributed by atoms with Gasteiger partial charge in [0.25, 0.3) is 0 Å². The molecule has 0 saturated heterocycles. The Morgan fingerprint density at radius 3 is 2.54 bits per heavy atom. The predicted octanol–water partition coefficient (Wildman–Crippen LogP) is 3.57. The van der Waals surface area contributed by atoms with E-state index in [2.05, 4.69) is 10.3 Å². The van der Waals surface area contributed by atoms with Gasteiger partial charge in [-0.15, -0.1) is 0 Å². The van der Waals surface area contributed by atoms with Crippen LogP contribution in [0.15, 0.2) is 30.5 Å². The molecule has 0 bridgehead atoms. The van der Waals surface area contributed by atoms with E-state index in [1.807, 2.05) is 31.2 Å². The van der Waals surface area contributed by atoms with Gasteiger partial charge in [-0.25, -0.2) is 4.98 Å². The van der Waals surface area contributed by atoms with E-state index in [1.54, 1.807) is 6.20 Å². The molecule has 1 amide bonds. The molecule has 5 heteroatoms. The van der Waals surface area contributed by atoms with Crippen molar-refractivity contribution < 1.29 is 14.3 Å². The molecule has 1 aromatic heterocycles. The Morgan fingerprint density at radius 1 is 1.17 bits per heavy atom. The maximum absolute atomic E-state index is 12.0. The Labute approximate surface area is 141 Å². The molecule has 124 valence electrons. The van der Waals surface area contributed by atoms with Gasteiger partial charge in [-0.2, -0.15) is 0 Å². The zero-order chi connectivity index (χ0) is 16.5. The number of hydrogen-bond donors (Lipinski definition) is 1. The Kier molecular flexibility index (Phi) is 3.84. The Morgan fingerprint density at radius 2 is 1.92 bits per heavy atom. The fourth-order valence-electron chi connectivity index (χ4n) is 3.03. The number of pyridine rings is 1. The summed E-state index contributed by atoms with van der Waals surface area (Å²) in [5.41, 5.74) is 3.15. The molecule has 4 rings (SSSR count). The average molecular weight is 324 g/mol. The van der Waals surface area contributed by atoms with Crippen LogP contribution in [-0.2, 0) is 4.79 Å². The van der Waals surface area contributed by atoms with Crippen molar-refractivity contribution in [3.8, 4) is 22.6 Å². The first-order chi connectivity index (χ1) is 11.7. The monoisotopic (exact) mass is 324 g/mol. The smallest absolute Gasteiger partial charge is 0.228 e. The second-order valence-corrected chi connectivity index (χ2v) is 6.36. The fourth-order valence-corrected chi connectivity index (χ4v) is 3.03. The summed E-state index contributed by atoms with van der Waals surface area (Å²) < 4.78 is 11.3. The molecule has 5 nitrogen and oxygen atoms in total. The van der Waals surface area contributed by atoms with Crippen LogP contribution in [0, 0.1) is 12.8 Å². The molecule has 2 aromatic rings. The standard InChI is InChI=1S/C19H20N2O3/c1-12-9-16-17(24-8-7-23-16)10-15(12)14-5-6-18(20-11-14)21-19(22)13-3-2-4-13/h5-6,9-11,13H,2-4,7-8H2,1H3,(H,20,21,22). The summed E-state index contributed by atoms with van der Waals surface area (Å²) in [7, 11) is 0. The summed E-state index contributed by atoms with van der Waals surface area (Å²) in [5.74, 6) is 2.40. The quantitative estimate of drug-likeness (QED) is 0.937. The molecule has 2 heterocycles. The van der Waals surface area contributed by atoms with Crippen LogP contribution < -0.4 is 14.8 Å². The lowest BCUT2D eigenvalue weighted by atomic mass is 9.85. The number of amides is 1. The molecule has 0 atom stereocenters. The molecular weight excluding hydrogens is 304 g/mol. The van der Waals surface area contributed by atoms with Crippen LogP contribution in [-0.4, -0.2) is 24.1 Å². The Hall–Kier alpha value is -2.56. The highest BCUT2D eigenvalue weighted by Gasteiger charge is 2.25. The highest BCUT2D eigenvalue weighted by Crippen LogP contribution is 2.37. The van der Waals surface area contributed by atoms with Gasteiger partial charge in [0.15, 0.2) is 11.5 Å². The number of hydrogen-bond acceptors (Lipinski definition) is 4. The average Bonchev–Trinajstić information content (AvgIpc) is 2.53. The molecule has 1 saturated carbocycles. The van der Waals surface area contributed by atoms with Crippen LogP contribution in [0.1, 0.15) is 24.8 Å². The summed E-state index contributed by atoms with van der Waals surface area (Å²) in [6.45, 7) is 3.20. The number of ether oxygens (including phenoxy) is 2. The number of fused-ring (bicyclic) bond motifs is 1. The number of aryl methyl sites for hydroxylation is 1. The zero-order valence-corrected chi connectivity index (χ0v) is 13.7. The normalized spacial score (nSPS) is 16.4. The van der Waals surface area contributed by atoms with Crippen LogP contribution in [0.4, 0.5) is 5.82 Å². The van der Waals surface area contributed by atoms with E-state index in [9.17, 15) is 4.79 Å². The van der Waals surface area contributed by atoms with E-state index in [-0.39, 0.29) is 11.8 Å². The van der Waals surface area contributed by atoms with E-state index >= 15 is 0 Å². The van der Waals surface area contributed by atoms with Crippen molar-refractivity contribution in [1.82, 2.24) is 4.98 Å². The Bertz CT molecular complexity index is 767. The topological polar surface area (TPSA) is 60.5 Å². The third-order valence-corrected chi connectivity index (χ3v) is 4.69. The van der Waals surface area contributed by atoms with Gasteiger partial charge in [0.05, 0.1) is 0 Å². The lowest BCUT2D eigenvalue weighted by Gasteiger charge is -2.23. The van der Waals surface area contributed by atoms with Crippen LogP contribution in [0.3, 0.4) is 0 Å². The van der Waals surface area contributed by atoms with Gasteiger partial charge in [-0.3, -0.25) is 4.79 Å².